The van der Waals surface area contributed by atoms with E-state index < -0.39 is 5.54 Å². The van der Waals surface area contributed by atoms with Crippen LogP contribution in [0.1, 0.15) is 58.8 Å². The number of amides is 1. The standard InChI is InChI=1S/C16H30N2O2/c1-13(2)7-11-20-14-6-10-18(12-14)15(19)16(17)8-4-3-5-9-16/h13-14H,3-12,17H2,1-2H3. The van der Waals surface area contributed by atoms with Gasteiger partial charge in [0.1, 0.15) is 0 Å². The first-order valence-electron chi connectivity index (χ1n) is 8.21. The molecule has 1 atom stereocenters. The van der Waals surface area contributed by atoms with E-state index in [9.17, 15) is 4.79 Å². The van der Waals surface area contributed by atoms with Crippen molar-refractivity contribution >= 4 is 5.91 Å². The van der Waals surface area contributed by atoms with Crippen molar-refractivity contribution in [2.45, 2.75) is 70.4 Å². The molecule has 0 spiro atoms. The zero-order valence-electron chi connectivity index (χ0n) is 13.1. The van der Waals surface area contributed by atoms with E-state index in [2.05, 4.69) is 13.8 Å². The van der Waals surface area contributed by atoms with Gasteiger partial charge in [0.2, 0.25) is 5.91 Å². The molecule has 0 aromatic carbocycles. The van der Waals surface area contributed by atoms with Crippen LogP contribution in [0.4, 0.5) is 0 Å². The molecule has 0 bridgehead atoms. The molecule has 2 N–H and O–H groups in total. The van der Waals surface area contributed by atoms with Gasteiger partial charge in [0.15, 0.2) is 0 Å². The Balaban J connectivity index is 1.78. The van der Waals surface area contributed by atoms with Gasteiger partial charge in [-0.2, -0.15) is 0 Å². The molecule has 1 amide bonds. The third-order valence-electron chi connectivity index (χ3n) is 4.65. The first-order valence-corrected chi connectivity index (χ1v) is 8.21. The van der Waals surface area contributed by atoms with E-state index in [1.54, 1.807) is 0 Å². The number of hydrogen-bond donors (Lipinski definition) is 1. The summed E-state index contributed by atoms with van der Waals surface area (Å²) in [7, 11) is 0. The molecular weight excluding hydrogens is 252 g/mol. The topological polar surface area (TPSA) is 55.6 Å². The SMILES string of the molecule is CC(C)CCOC1CCN(C(=O)C2(N)CCCCC2)C1. The molecule has 2 fully saturated rings. The minimum atomic E-state index is -0.592. The molecule has 1 saturated carbocycles. The highest BCUT2D eigenvalue weighted by atomic mass is 16.5. The van der Waals surface area contributed by atoms with E-state index >= 15 is 0 Å². The lowest BCUT2D eigenvalue weighted by atomic mass is 9.81. The molecule has 0 radical (unpaired) electrons. The summed E-state index contributed by atoms with van der Waals surface area (Å²) in [6.45, 7) is 6.75. The van der Waals surface area contributed by atoms with Crippen LogP contribution < -0.4 is 5.73 Å². The molecule has 4 nitrogen and oxygen atoms in total. The largest absolute Gasteiger partial charge is 0.376 e. The Morgan fingerprint density at radius 1 is 1.35 bits per heavy atom. The van der Waals surface area contributed by atoms with Crippen LogP contribution in [0, 0.1) is 5.92 Å². The Morgan fingerprint density at radius 2 is 2.05 bits per heavy atom. The molecule has 4 heteroatoms. The van der Waals surface area contributed by atoms with Crippen molar-refractivity contribution in [3.8, 4) is 0 Å². The third kappa shape index (κ3) is 3.95. The van der Waals surface area contributed by atoms with Gasteiger partial charge in [-0.3, -0.25) is 4.79 Å². The molecule has 1 saturated heterocycles. The van der Waals surface area contributed by atoms with Crippen molar-refractivity contribution in [1.82, 2.24) is 4.90 Å². The van der Waals surface area contributed by atoms with Gasteiger partial charge in [-0.15, -0.1) is 0 Å². The predicted octanol–water partition coefficient (Wildman–Crippen LogP) is 2.31. The van der Waals surface area contributed by atoms with E-state index in [0.717, 1.165) is 58.2 Å². The molecule has 1 unspecified atom stereocenters. The molecule has 1 heterocycles. The highest BCUT2D eigenvalue weighted by Crippen LogP contribution is 2.29. The number of carbonyl (C=O) groups is 1. The maximum absolute atomic E-state index is 12.6. The van der Waals surface area contributed by atoms with Crippen LogP contribution in [-0.2, 0) is 9.53 Å². The maximum Gasteiger partial charge on any atom is 0.242 e. The second kappa shape index (κ2) is 6.90. The van der Waals surface area contributed by atoms with Gasteiger partial charge in [-0.25, -0.2) is 0 Å². The lowest BCUT2D eigenvalue weighted by Crippen LogP contribution is -2.55. The Morgan fingerprint density at radius 3 is 2.70 bits per heavy atom. The molecule has 1 aliphatic heterocycles. The lowest BCUT2D eigenvalue weighted by molar-refractivity contribution is -0.137. The smallest absolute Gasteiger partial charge is 0.242 e. The van der Waals surface area contributed by atoms with Crippen molar-refractivity contribution in [3.05, 3.63) is 0 Å². The number of hydrogen-bond acceptors (Lipinski definition) is 3. The normalized spacial score (nSPS) is 26.2. The highest BCUT2D eigenvalue weighted by molar-refractivity contribution is 5.86. The van der Waals surface area contributed by atoms with Crippen LogP contribution in [0.3, 0.4) is 0 Å². The number of likely N-dealkylation sites (tertiary alicyclic amines) is 1. The monoisotopic (exact) mass is 282 g/mol. The van der Waals surface area contributed by atoms with Gasteiger partial charge in [-0.1, -0.05) is 33.1 Å². The van der Waals surface area contributed by atoms with Gasteiger partial charge in [0.25, 0.3) is 0 Å². The van der Waals surface area contributed by atoms with Crippen LogP contribution in [0.15, 0.2) is 0 Å². The van der Waals surface area contributed by atoms with Crippen molar-refractivity contribution in [2.75, 3.05) is 19.7 Å². The highest BCUT2D eigenvalue weighted by Gasteiger charge is 2.40. The second-order valence-corrected chi connectivity index (χ2v) is 6.93. The van der Waals surface area contributed by atoms with Crippen molar-refractivity contribution < 1.29 is 9.53 Å². The fraction of sp³-hybridized carbons (Fsp3) is 0.938. The summed E-state index contributed by atoms with van der Waals surface area (Å²) < 4.78 is 5.88. The van der Waals surface area contributed by atoms with E-state index in [4.69, 9.17) is 10.5 Å². The minimum Gasteiger partial charge on any atom is -0.376 e. The number of nitrogens with zero attached hydrogens (tertiary/aromatic N) is 1. The molecule has 0 aromatic heterocycles. The van der Waals surface area contributed by atoms with Gasteiger partial charge in [-0.05, 0) is 31.6 Å². The number of carbonyl (C=O) groups excluding carboxylic acids is 1. The number of rotatable bonds is 5. The zero-order valence-corrected chi connectivity index (χ0v) is 13.1. The van der Waals surface area contributed by atoms with Crippen molar-refractivity contribution in [2.24, 2.45) is 11.7 Å². The molecule has 116 valence electrons. The Labute approximate surface area is 123 Å². The van der Waals surface area contributed by atoms with Crippen LogP contribution in [0.5, 0.6) is 0 Å². The fourth-order valence-electron chi connectivity index (χ4n) is 3.23. The first-order chi connectivity index (χ1) is 9.51. The summed E-state index contributed by atoms with van der Waals surface area (Å²) in [5.41, 5.74) is 5.74. The Kier molecular flexibility index (Phi) is 5.44. The second-order valence-electron chi connectivity index (χ2n) is 6.93. The fourth-order valence-corrected chi connectivity index (χ4v) is 3.23. The van der Waals surface area contributed by atoms with E-state index in [-0.39, 0.29) is 12.0 Å². The van der Waals surface area contributed by atoms with E-state index in [1.165, 1.54) is 6.42 Å². The van der Waals surface area contributed by atoms with E-state index in [0.29, 0.717) is 5.92 Å². The molecule has 0 aromatic rings. The number of ether oxygens (including phenoxy) is 1. The maximum atomic E-state index is 12.6. The van der Waals surface area contributed by atoms with Gasteiger partial charge < -0.3 is 15.4 Å². The summed E-state index contributed by atoms with van der Waals surface area (Å²) in [4.78, 5) is 14.5. The summed E-state index contributed by atoms with van der Waals surface area (Å²) >= 11 is 0. The number of nitrogens with two attached hydrogens (primary N) is 1. The Hall–Kier alpha value is -0.610. The van der Waals surface area contributed by atoms with Gasteiger partial charge in [0, 0.05) is 19.7 Å². The molecule has 20 heavy (non-hydrogen) atoms. The lowest BCUT2D eigenvalue weighted by Gasteiger charge is -2.35. The zero-order chi connectivity index (χ0) is 14.6. The van der Waals surface area contributed by atoms with Crippen LogP contribution in [0.2, 0.25) is 0 Å². The third-order valence-corrected chi connectivity index (χ3v) is 4.65. The Bertz CT molecular complexity index is 324. The molecule has 2 rings (SSSR count). The summed E-state index contributed by atoms with van der Waals surface area (Å²) in [5.74, 6) is 0.829. The van der Waals surface area contributed by atoms with Gasteiger partial charge >= 0.3 is 0 Å². The quantitative estimate of drug-likeness (QED) is 0.842. The predicted molar refractivity (Wildman–Crippen MR) is 80.4 cm³/mol. The molecule has 2 aliphatic rings. The summed E-state index contributed by atoms with van der Waals surface area (Å²) in [5, 5.41) is 0. The van der Waals surface area contributed by atoms with Crippen LogP contribution in [0.25, 0.3) is 0 Å². The van der Waals surface area contributed by atoms with E-state index in [1.807, 2.05) is 4.90 Å². The summed E-state index contributed by atoms with van der Waals surface area (Å²) in [6, 6.07) is 0. The van der Waals surface area contributed by atoms with Gasteiger partial charge in [0.05, 0.1) is 11.6 Å². The van der Waals surface area contributed by atoms with Crippen molar-refractivity contribution in [3.63, 3.8) is 0 Å². The minimum absolute atomic E-state index is 0.159. The van der Waals surface area contributed by atoms with Crippen LogP contribution >= 0.6 is 0 Å². The average molecular weight is 282 g/mol. The molecule has 1 aliphatic carbocycles. The first kappa shape index (κ1) is 15.8. The summed E-state index contributed by atoms with van der Waals surface area (Å²) in [6.07, 6.45) is 7.35. The van der Waals surface area contributed by atoms with Crippen LogP contribution in [-0.4, -0.2) is 42.1 Å². The molecular formula is C16H30N2O2. The van der Waals surface area contributed by atoms with Crippen molar-refractivity contribution in [1.29, 1.82) is 0 Å². The average Bonchev–Trinajstić information content (AvgIpc) is 2.87.